The van der Waals surface area contributed by atoms with Crippen LogP contribution < -0.4 is 5.32 Å². The third-order valence-corrected chi connectivity index (χ3v) is 2.51. The molecule has 0 aliphatic heterocycles. The first-order valence-electron chi connectivity index (χ1n) is 5.16. The standard InChI is InChI=1S/C10H12F5NO/c11-9(12,10(13,14)15)8(17)16-6-5-7-3-1-2-4-7/h3H,1-2,4-6H2,(H,16,17). The molecule has 7 heteroatoms. The maximum Gasteiger partial charge on any atom is 0.463 e. The van der Waals surface area contributed by atoms with E-state index in [0.717, 1.165) is 24.8 Å². The fraction of sp³-hybridized carbons (Fsp3) is 0.700. The fourth-order valence-corrected chi connectivity index (χ4v) is 1.54. The van der Waals surface area contributed by atoms with E-state index >= 15 is 0 Å². The summed E-state index contributed by atoms with van der Waals surface area (Å²) in [5.41, 5.74) is 0.987. The molecule has 0 fully saturated rings. The molecule has 1 aliphatic rings. The van der Waals surface area contributed by atoms with Gasteiger partial charge >= 0.3 is 12.1 Å². The number of alkyl halides is 5. The van der Waals surface area contributed by atoms with Gasteiger partial charge in [0.2, 0.25) is 0 Å². The molecule has 0 aromatic rings. The first-order chi connectivity index (χ1) is 7.75. The largest absolute Gasteiger partial charge is 0.463 e. The molecule has 0 radical (unpaired) electrons. The molecule has 1 N–H and O–H groups in total. The number of hydrogen-bond donors (Lipinski definition) is 1. The Labute approximate surface area is 94.9 Å². The van der Waals surface area contributed by atoms with Crippen molar-refractivity contribution >= 4 is 5.91 Å². The van der Waals surface area contributed by atoms with E-state index in [1.165, 1.54) is 0 Å². The van der Waals surface area contributed by atoms with Gasteiger partial charge in [-0.25, -0.2) is 0 Å². The molecule has 0 spiro atoms. The van der Waals surface area contributed by atoms with Crippen LogP contribution in [0.1, 0.15) is 25.7 Å². The van der Waals surface area contributed by atoms with Crippen LogP contribution in [0.4, 0.5) is 22.0 Å². The van der Waals surface area contributed by atoms with Gasteiger partial charge in [0, 0.05) is 6.54 Å². The molecule has 0 saturated carbocycles. The van der Waals surface area contributed by atoms with Crippen LogP contribution in [-0.4, -0.2) is 24.6 Å². The zero-order valence-corrected chi connectivity index (χ0v) is 8.91. The summed E-state index contributed by atoms with van der Waals surface area (Å²) >= 11 is 0. The summed E-state index contributed by atoms with van der Waals surface area (Å²) in [5.74, 6) is -7.61. The predicted molar refractivity (Wildman–Crippen MR) is 50.6 cm³/mol. The zero-order chi connectivity index (χ0) is 13.1. The summed E-state index contributed by atoms with van der Waals surface area (Å²) in [6.07, 6.45) is -0.951. The van der Waals surface area contributed by atoms with Crippen molar-refractivity contribution in [2.45, 2.75) is 37.8 Å². The third-order valence-electron chi connectivity index (χ3n) is 2.51. The Morgan fingerprint density at radius 1 is 1.29 bits per heavy atom. The maximum atomic E-state index is 12.5. The molecule has 0 atom stereocenters. The van der Waals surface area contributed by atoms with Crippen LogP contribution >= 0.6 is 0 Å². The lowest BCUT2D eigenvalue weighted by molar-refractivity contribution is -0.269. The van der Waals surface area contributed by atoms with Crippen LogP contribution in [0, 0.1) is 0 Å². The summed E-state index contributed by atoms with van der Waals surface area (Å²) in [4.78, 5) is 10.7. The Hall–Kier alpha value is -1.14. The summed E-state index contributed by atoms with van der Waals surface area (Å²) in [7, 11) is 0. The Morgan fingerprint density at radius 2 is 1.94 bits per heavy atom. The second-order valence-corrected chi connectivity index (χ2v) is 3.83. The van der Waals surface area contributed by atoms with E-state index in [9.17, 15) is 26.7 Å². The number of carbonyl (C=O) groups is 1. The van der Waals surface area contributed by atoms with Crippen molar-refractivity contribution in [1.82, 2.24) is 5.32 Å². The molecular weight excluding hydrogens is 245 g/mol. The molecule has 17 heavy (non-hydrogen) atoms. The van der Waals surface area contributed by atoms with E-state index in [1.807, 2.05) is 6.08 Å². The molecule has 2 nitrogen and oxygen atoms in total. The maximum absolute atomic E-state index is 12.5. The van der Waals surface area contributed by atoms with Crippen LogP contribution in [0.2, 0.25) is 0 Å². The van der Waals surface area contributed by atoms with Gasteiger partial charge in [-0.1, -0.05) is 11.6 Å². The lowest BCUT2D eigenvalue weighted by Gasteiger charge is -2.18. The summed E-state index contributed by atoms with van der Waals surface area (Å²) < 4.78 is 60.3. The zero-order valence-electron chi connectivity index (χ0n) is 8.91. The quantitative estimate of drug-likeness (QED) is 0.609. The highest BCUT2D eigenvalue weighted by Gasteiger charge is 2.63. The van der Waals surface area contributed by atoms with Gasteiger partial charge in [0.15, 0.2) is 0 Å². The normalized spacial score (nSPS) is 16.9. The minimum Gasteiger partial charge on any atom is -0.350 e. The number of nitrogens with one attached hydrogen (secondary N) is 1. The van der Waals surface area contributed by atoms with Crippen LogP contribution in [0.5, 0.6) is 0 Å². The lowest BCUT2D eigenvalue weighted by Crippen LogP contribution is -2.50. The highest BCUT2D eigenvalue weighted by atomic mass is 19.4. The lowest BCUT2D eigenvalue weighted by atomic mass is 10.1. The SMILES string of the molecule is O=C(NCCC1=CCCC1)C(F)(F)C(F)(F)F. The van der Waals surface area contributed by atoms with E-state index in [2.05, 4.69) is 0 Å². The molecule has 1 aliphatic carbocycles. The Balaban J connectivity index is 2.39. The average Bonchev–Trinajstić information content (AvgIpc) is 2.68. The second kappa shape index (κ2) is 5.01. The summed E-state index contributed by atoms with van der Waals surface area (Å²) in [6.45, 7) is -0.198. The first kappa shape index (κ1) is 13.9. The number of hydrogen-bond acceptors (Lipinski definition) is 1. The van der Waals surface area contributed by atoms with E-state index in [4.69, 9.17) is 0 Å². The molecule has 0 aromatic carbocycles. The third kappa shape index (κ3) is 3.41. The van der Waals surface area contributed by atoms with E-state index in [1.54, 1.807) is 5.32 Å². The summed E-state index contributed by atoms with van der Waals surface area (Å²) in [5, 5.41) is 1.61. The molecule has 98 valence electrons. The number of carbonyl (C=O) groups excluding carboxylic acids is 1. The predicted octanol–water partition coefficient (Wildman–Crippen LogP) is 2.80. The number of amides is 1. The van der Waals surface area contributed by atoms with Crippen molar-refractivity contribution < 1.29 is 26.7 Å². The minimum atomic E-state index is -5.84. The van der Waals surface area contributed by atoms with E-state index in [-0.39, 0.29) is 6.54 Å². The van der Waals surface area contributed by atoms with Crippen molar-refractivity contribution in [1.29, 1.82) is 0 Å². The molecule has 0 saturated heterocycles. The molecule has 0 heterocycles. The van der Waals surface area contributed by atoms with Gasteiger partial charge in [-0.3, -0.25) is 4.79 Å². The van der Waals surface area contributed by atoms with Gasteiger partial charge in [-0.2, -0.15) is 22.0 Å². The van der Waals surface area contributed by atoms with Gasteiger partial charge in [0.25, 0.3) is 5.91 Å². The molecule has 0 unspecified atom stereocenters. The number of allylic oxidation sites excluding steroid dienone is 1. The number of rotatable bonds is 4. The molecular formula is C10H12F5NO. The van der Waals surface area contributed by atoms with Crippen molar-refractivity contribution in [3.8, 4) is 0 Å². The smallest absolute Gasteiger partial charge is 0.350 e. The Kier molecular flexibility index (Phi) is 4.11. The van der Waals surface area contributed by atoms with Gasteiger partial charge in [-0.05, 0) is 25.7 Å². The van der Waals surface area contributed by atoms with Crippen molar-refractivity contribution in [3.05, 3.63) is 11.6 Å². The van der Waals surface area contributed by atoms with Crippen molar-refractivity contribution in [3.63, 3.8) is 0 Å². The van der Waals surface area contributed by atoms with Gasteiger partial charge < -0.3 is 5.32 Å². The second-order valence-electron chi connectivity index (χ2n) is 3.83. The van der Waals surface area contributed by atoms with Crippen LogP contribution in [0.3, 0.4) is 0 Å². The van der Waals surface area contributed by atoms with Crippen molar-refractivity contribution in [2.75, 3.05) is 6.54 Å². The highest BCUT2D eigenvalue weighted by Crippen LogP contribution is 2.35. The van der Waals surface area contributed by atoms with Crippen LogP contribution in [-0.2, 0) is 4.79 Å². The van der Waals surface area contributed by atoms with Gasteiger partial charge in [0.1, 0.15) is 0 Å². The van der Waals surface area contributed by atoms with Gasteiger partial charge in [-0.15, -0.1) is 0 Å². The number of halogens is 5. The average molecular weight is 257 g/mol. The van der Waals surface area contributed by atoms with E-state index < -0.39 is 18.0 Å². The van der Waals surface area contributed by atoms with Crippen LogP contribution in [0.25, 0.3) is 0 Å². The Morgan fingerprint density at radius 3 is 2.41 bits per heavy atom. The highest BCUT2D eigenvalue weighted by molar-refractivity contribution is 5.84. The summed E-state index contributed by atoms with van der Waals surface area (Å²) in [6, 6.07) is 0. The fourth-order valence-electron chi connectivity index (χ4n) is 1.54. The minimum absolute atomic E-state index is 0.198. The van der Waals surface area contributed by atoms with Crippen LogP contribution in [0.15, 0.2) is 11.6 Å². The topological polar surface area (TPSA) is 29.1 Å². The Bertz CT molecular complexity index is 321. The molecule has 1 amide bonds. The molecule has 1 rings (SSSR count). The molecule has 0 bridgehead atoms. The van der Waals surface area contributed by atoms with E-state index in [0.29, 0.717) is 6.42 Å². The first-order valence-corrected chi connectivity index (χ1v) is 5.16. The monoisotopic (exact) mass is 257 g/mol. The molecule has 0 aromatic heterocycles. The van der Waals surface area contributed by atoms with Crippen molar-refractivity contribution in [2.24, 2.45) is 0 Å². The van der Waals surface area contributed by atoms with Gasteiger partial charge in [0.05, 0.1) is 0 Å².